The number of benzene rings is 1. The Morgan fingerprint density at radius 1 is 1.29 bits per heavy atom. The molecule has 1 saturated heterocycles. The van der Waals surface area contributed by atoms with Crippen molar-refractivity contribution in [2.24, 2.45) is 16.8 Å². The minimum atomic E-state index is -0.734. The Hall–Kier alpha value is -1.70. The molecule has 4 rings (SSSR count). The molecule has 1 N–H and O–H groups in total. The van der Waals surface area contributed by atoms with Crippen LogP contribution >= 0.6 is 0 Å². The van der Waals surface area contributed by atoms with Crippen molar-refractivity contribution in [1.82, 2.24) is 4.90 Å². The van der Waals surface area contributed by atoms with E-state index in [0.29, 0.717) is 5.92 Å². The summed E-state index contributed by atoms with van der Waals surface area (Å²) in [5.41, 5.74) is 2.18. The third-order valence-electron chi connectivity index (χ3n) is 5.34. The monoisotopic (exact) mass is 281 g/mol. The second kappa shape index (κ2) is 4.66. The van der Waals surface area contributed by atoms with Gasteiger partial charge in [-0.15, -0.1) is 0 Å². The van der Waals surface area contributed by atoms with Crippen molar-refractivity contribution >= 4 is 6.21 Å². The SMILES string of the molecule is N#CC1CCN(C23CC2C=NC(O)c2ccccc23)CC1. The minimum absolute atomic E-state index is 0.0119. The van der Waals surface area contributed by atoms with Gasteiger partial charge in [0.15, 0.2) is 6.23 Å². The van der Waals surface area contributed by atoms with Gasteiger partial charge in [0.05, 0.1) is 11.6 Å². The summed E-state index contributed by atoms with van der Waals surface area (Å²) in [7, 11) is 0. The molecule has 0 aromatic heterocycles. The molecule has 1 saturated carbocycles. The summed E-state index contributed by atoms with van der Waals surface area (Å²) in [5, 5.41) is 19.3. The summed E-state index contributed by atoms with van der Waals surface area (Å²) in [4.78, 5) is 6.83. The van der Waals surface area contributed by atoms with Crippen LogP contribution in [0.5, 0.6) is 0 Å². The zero-order valence-corrected chi connectivity index (χ0v) is 11.9. The summed E-state index contributed by atoms with van der Waals surface area (Å²) in [5.74, 6) is 0.601. The summed E-state index contributed by atoms with van der Waals surface area (Å²) >= 11 is 0. The van der Waals surface area contributed by atoms with Crippen molar-refractivity contribution in [3.05, 3.63) is 35.4 Å². The maximum atomic E-state index is 10.2. The predicted molar refractivity (Wildman–Crippen MR) is 79.6 cm³/mol. The zero-order chi connectivity index (χ0) is 14.4. The molecule has 1 aliphatic carbocycles. The van der Waals surface area contributed by atoms with Crippen LogP contribution in [0.3, 0.4) is 0 Å². The molecule has 4 nitrogen and oxygen atoms in total. The summed E-state index contributed by atoms with van der Waals surface area (Å²) in [6.45, 7) is 1.93. The van der Waals surface area contributed by atoms with Crippen LogP contribution in [-0.2, 0) is 5.54 Å². The van der Waals surface area contributed by atoms with Crippen LogP contribution in [0.15, 0.2) is 29.3 Å². The van der Waals surface area contributed by atoms with E-state index in [0.717, 1.165) is 37.9 Å². The van der Waals surface area contributed by atoms with Gasteiger partial charge in [0.25, 0.3) is 0 Å². The molecule has 2 aliphatic heterocycles. The fourth-order valence-corrected chi connectivity index (χ4v) is 4.09. The Morgan fingerprint density at radius 3 is 2.81 bits per heavy atom. The molecule has 0 amide bonds. The molecule has 108 valence electrons. The topological polar surface area (TPSA) is 59.6 Å². The van der Waals surface area contributed by atoms with E-state index in [2.05, 4.69) is 28.1 Å². The van der Waals surface area contributed by atoms with Crippen molar-refractivity contribution in [2.75, 3.05) is 13.1 Å². The highest BCUT2D eigenvalue weighted by molar-refractivity contribution is 5.71. The van der Waals surface area contributed by atoms with Crippen LogP contribution in [0.2, 0.25) is 0 Å². The highest BCUT2D eigenvalue weighted by Gasteiger charge is 2.60. The molecule has 0 radical (unpaired) electrons. The minimum Gasteiger partial charge on any atom is -0.368 e. The van der Waals surface area contributed by atoms with Crippen molar-refractivity contribution in [3.63, 3.8) is 0 Å². The predicted octanol–water partition coefficient (Wildman–Crippen LogP) is 2.21. The standard InChI is InChI=1S/C17H19N3O/c18-10-12-5-7-20(8-6-12)17-9-13(17)11-19-16(21)14-3-1-2-4-15(14)17/h1-4,11-13,16,21H,5-9H2. The summed E-state index contributed by atoms with van der Waals surface area (Å²) in [6.07, 6.45) is 4.19. The lowest BCUT2D eigenvalue weighted by Gasteiger charge is -2.38. The molecular formula is C17H19N3O. The molecule has 2 heterocycles. The average molecular weight is 281 g/mol. The van der Waals surface area contributed by atoms with E-state index in [1.807, 2.05) is 18.3 Å². The van der Waals surface area contributed by atoms with Gasteiger partial charge in [-0.3, -0.25) is 9.89 Å². The first-order chi connectivity index (χ1) is 10.3. The molecule has 1 aromatic rings. The second-order valence-electron chi connectivity index (χ2n) is 6.38. The second-order valence-corrected chi connectivity index (χ2v) is 6.38. The normalized spacial score (nSPS) is 35.4. The quantitative estimate of drug-likeness (QED) is 0.858. The number of fused-ring (bicyclic) bond motifs is 3. The van der Waals surface area contributed by atoms with Gasteiger partial charge >= 0.3 is 0 Å². The van der Waals surface area contributed by atoms with E-state index in [1.54, 1.807) is 0 Å². The Morgan fingerprint density at radius 2 is 2.05 bits per heavy atom. The zero-order valence-electron chi connectivity index (χ0n) is 11.9. The lowest BCUT2D eigenvalue weighted by atomic mass is 9.90. The van der Waals surface area contributed by atoms with Gasteiger partial charge in [-0.25, -0.2) is 0 Å². The number of piperidine rings is 1. The van der Waals surface area contributed by atoms with Crippen LogP contribution in [0.1, 0.15) is 36.6 Å². The molecule has 0 bridgehead atoms. The van der Waals surface area contributed by atoms with Crippen molar-refractivity contribution in [2.45, 2.75) is 31.0 Å². The van der Waals surface area contributed by atoms with Crippen molar-refractivity contribution < 1.29 is 5.11 Å². The fourth-order valence-electron chi connectivity index (χ4n) is 4.09. The first kappa shape index (κ1) is 13.0. The van der Waals surface area contributed by atoms with Crippen LogP contribution in [0.4, 0.5) is 0 Å². The smallest absolute Gasteiger partial charge is 0.171 e. The largest absolute Gasteiger partial charge is 0.368 e. The number of hydrogen-bond acceptors (Lipinski definition) is 4. The van der Waals surface area contributed by atoms with E-state index < -0.39 is 6.23 Å². The van der Waals surface area contributed by atoms with E-state index >= 15 is 0 Å². The molecule has 21 heavy (non-hydrogen) atoms. The summed E-state index contributed by atoms with van der Waals surface area (Å²) in [6, 6.07) is 10.5. The Kier molecular flexibility index (Phi) is 2.88. The molecule has 4 heteroatoms. The first-order valence-electron chi connectivity index (χ1n) is 7.71. The Bertz CT molecular complexity index is 627. The van der Waals surface area contributed by atoms with Gasteiger partial charge in [-0.1, -0.05) is 24.3 Å². The van der Waals surface area contributed by atoms with Gasteiger partial charge in [-0.05, 0) is 24.8 Å². The highest BCUT2D eigenvalue weighted by atomic mass is 16.3. The van der Waals surface area contributed by atoms with Crippen LogP contribution < -0.4 is 0 Å². The molecule has 3 atom stereocenters. The van der Waals surface area contributed by atoms with Gasteiger partial charge in [0, 0.05) is 36.7 Å². The highest BCUT2D eigenvalue weighted by Crippen LogP contribution is 2.59. The average Bonchev–Trinajstić information content (AvgIpc) is 3.28. The maximum absolute atomic E-state index is 10.2. The first-order valence-corrected chi connectivity index (χ1v) is 7.71. The molecule has 0 spiro atoms. The van der Waals surface area contributed by atoms with Gasteiger partial charge in [0.1, 0.15) is 0 Å². The number of hydrogen-bond donors (Lipinski definition) is 1. The number of likely N-dealkylation sites (tertiary alicyclic amines) is 1. The van der Waals surface area contributed by atoms with Gasteiger partial charge < -0.3 is 5.11 Å². The number of aliphatic hydroxyl groups is 1. The lowest BCUT2D eigenvalue weighted by molar-refractivity contribution is 0.121. The number of nitrogens with zero attached hydrogens (tertiary/aromatic N) is 3. The Balaban J connectivity index is 1.71. The fraction of sp³-hybridized carbons (Fsp3) is 0.529. The number of nitriles is 1. The van der Waals surface area contributed by atoms with Crippen molar-refractivity contribution in [3.8, 4) is 6.07 Å². The molecule has 1 aromatic carbocycles. The molecule has 3 unspecified atom stereocenters. The summed E-state index contributed by atoms with van der Waals surface area (Å²) < 4.78 is 0. The number of aliphatic imine (C=N–C) groups is 1. The maximum Gasteiger partial charge on any atom is 0.171 e. The third-order valence-corrected chi connectivity index (χ3v) is 5.34. The van der Waals surface area contributed by atoms with Gasteiger partial charge in [-0.2, -0.15) is 5.26 Å². The number of aliphatic hydroxyl groups excluding tert-OH is 1. The van der Waals surface area contributed by atoms with E-state index in [9.17, 15) is 5.11 Å². The Labute approximate surface area is 124 Å². The lowest BCUT2D eigenvalue weighted by Crippen LogP contribution is -2.43. The van der Waals surface area contributed by atoms with E-state index in [-0.39, 0.29) is 11.5 Å². The third kappa shape index (κ3) is 1.85. The molecule has 2 fully saturated rings. The van der Waals surface area contributed by atoms with E-state index in [1.165, 1.54) is 5.56 Å². The van der Waals surface area contributed by atoms with Crippen molar-refractivity contribution in [1.29, 1.82) is 5.26 Å². The van der Waals surface area contributed by atoms with Crippen LogP contribution in [0, 0.1) is 23.2 Å². The molecule has 3 aliphatic rings. The number of rotatable bonds is 1. The molecular weight excluding hydrogens is 262 g/mol. The van der Waals surface area contributed by atoms with Crippen LogP contribution in [0.25, 0.3) is 0 Å². The van der Waals surface area contributed by atoms with Crippen LogP contribution in [-0.4, -0.2) is 29.3 Å². The van der Waals surface area contributed by atoms with E-state index in [4.69, 9.17) is 5.26 Å². The van der Waals surface area contributed by atoms with Gasteiger partial charge in [0.2, 0.25) is 0 Å².